The van der Waals surface area contributed by atoms with Crippen molar-refractivity contribution < 1.29 is 87.4 Å². The fourth-order valence-corrected chi connectivity index (χ4v) is 20.1. The van der Waals surface area contributed by atoms with Crippen LogP contribution in [0.5, 0.6) is 0 Å². The smallest absolute Gasteiger partial charge is 0.311 e. The Labute approximate surface area is 729 Å². The molecule has 5 aliphatic rings. The highest BCUT2D eigenvalue weighted by molar-refractivity contribution is 7.92. The number of aliphatic imine (C=N–C) groups is 1. The van der Waals surface area contributed by atoms with E-state index < -0.39 is 64.8 Å². The van der Waals surface area contributed by atoms with Gasteiger partial charge in [0.25, 0.3) is 0 Å². The van der Waals surface area contributed by atoms with Crippen LogP contribution in [-0.4, -0.2) is 179 Å². The zero-order valence-corrected chi connectivity index (χ0v) is 79.7. The first-order chi connectivity index (χ1) is 56.7. The molecule has 5 aliphatic heterocycles. The number of benzene rings is 3. The minimum absolute atomic E-state index is 0.0318. The van der Waals surface area contributed by atoms with Gasteiger partial charge < -0.3 is 52.5 Å². The van der Waals surface area contributed by atoms with Gasteiger partial charge in [-0.1, -0.05) is 162 Å². The fourth-order valence-electron chi connectivity index (χ4n) is 16.1. The van der Waals surface area contributed by atoms with Crippen LogP contribution in [0.15, 0.2) is 142 Å². The minimum atomic E-state index is -3.60. The number of methoxy groups -OCH3 is 2. The number of allylic oxidation sites excluding steroid dienone is 1. The average Bonchev–Trinajstić information content (AvgIpc) is 1.65. The van der Waals surface area contributed by atoms with Gasteiger partial charge in [0, 0.05) is 38.9 Å². The highest BCUT2D eigenvalue weighted by Gasteiger charge is 2.49. The lowest BCUT2D eigenvalue weighted by molar-refractivity contribution is -0.153. The summed E-state index contributed by atoms with van der Waals surface area (Å²) in [7, 11) is -7.20. The van der Waals surface area contributed by atoms with Crippen LogP contribution in [0.1, 0.15) is 244 Å². The molecule has 1 unspecified atom stereocenters. The Hall–Kier alpha value is -5.93. The van der Waals surface area contributed by atoms with Crippen LogP contribution < -0.4 is 4.72 Å². The van der Waals surface area contributed by atoms with Crippen molar-refractivity contribution in [2.75, 3.05) is 56.5 Å². The maximum Gasteiger partial charge on any atom is 0.311 e. The molecule has 0 saturated carbocycles. The normalized spacial score (nSPS) is 24.9. The first-order valence-electron chi connectivity index (χ1n) is 44.3. The zero-order chi connectivity index (χ0) is 90.5. The van der Waals surface area contributed by atoms with E-state index in [1.807, 2.05) is 66.7 Å². The molecule has 0 radical (unpaired) electrons. The Morgan fingerprint density at radius 3 is 1.44 bits per heavy atom. The van der Waals surface area contributed by atoms with E-state index in [0.29, 0.717) is 77.4 Å². The number of sulfone groups is 2. The summed E-state index contributed by atoms with van der Waals surface area (Å²) in [6, 6.07) is 22.6. The summed E-state index contributed by atoms with van der Waals surface area (Å²) >= 11 is 0. The number of anilines is 1. The van der Waals surface area contributed by atoms with E-state index in [-0.39, 0.29) is 108 Å². The number of carbonyl (C=O) groups is 3. The molecule has 0 amide bonds. The van der Waals surface area contributed by atoms with E-state index in [1.54, 1.807) is 74.9 Å². The minimum Gasteiger partial charge on any atom is -0.475 e. The Morgan fingerprint density at radius 2 is 1.04 bits per heavy atom. The lowest BCUT2D eigenvalue weighted by atomic mass is 9.84. The molecule has 0 bridgehead atoms. The Morgan fingerprint density at radius 1 is 0.603 bits per heavy atom. The van der Waals surface area contributed by atoms with Gasteiger partial charge >= 0.3 is 11.9 Å². The van der Waals surface area contributed by atoms with Gasteiger partial charge in [-0.05, 0) is 239 Å². The van der Waals surface area contributed by atoms with Gasteiger partial charge in [0.2, 0.25) is 15.9 Å². The van der Waals surface area contributed by atoms with Crippen LogP contribution in [0.3, 0.4) is 0 Å². The van der Waals surface area contributed by atoms with E-state index in [1.165, 1.54) is 17.6 Å². The quantitative estimate of drug-likeness (QED) is 0.0230. The molecular weight excluding hydrogens is 1590 g/mol. The molecule has 0 spiro atoms. The molecular formula is C97H154N2O19S3. The molecule has 4 fully saturated rings. The van der Waals surface area contributed by atoms with Crippen LogP contribution in [0.25, 0.3) is 0 Å². The number of rotatable bonds is 43. The number of aliphatic hydroxyl groups excluding tert-OH is 1. The van der Waals surface area contributed by atoms with Gasteiger partial charge in [-0.2, -0.15) is 0 Å². The number of ether oxygens (including phenoxy) is 9. The van der Waals surface area contributed by atoms with Crippen LogP contribution in [0.4, 0.5) is 5.69 Å². The third-order valence-electron chi connectivity index (χ3n) is 24.4. The predicted octanol–water partition coefficient (Wildman–Crippen LogP) is 19.3. The lowest BCUT2D eigenvalue weighted by Gasteiger charge is -2.27. The SMILES string of the molecule is C=C(C(O)C[C@@H]1O[C@H](C[C@H](C)CC)[C@H](OC)[C@H]1CS(=O)(=O)c1ccccc1)[C@H](C)C[C@H](C)CC[C@@H]1O[C@@H](CCCOC(=O)C(C)(C)C)CC1=C.C=C(C)[C@H](C)C[C@H](C)CC[C@@H]1O[C@@H](CCCOC(=O)C(C)(C)C)CC1=C.CC[C@@H](C)C[C@H]1O[C@@H](CC=O)[C@H](CS(=O)(=O)c2ccccc2)[C@H]1OC.Cc1cccc(C2=N[C@@H](C(C)C)CO2)c1NS(C)(=O)=O. The van der Waals surface area contributed by atoms with E-state index in [9.17, 15) is 44.7 Å². The van der Waals surface area contributed by atoms with Crippen molar-refractivity contribution in [1.29, 1.82) is 0 Å². The summed E-state index contributed by atoms with van der Waals surface area (Å²) in [4.78, 5) is 39.9. The zero-order valence-electron chi connectivity index (χ0n) is 77.3. The lowest BCUT2D eigenvalue weighted by Crippen LogP contribution is -2.36. The van der Waals surface area contributed by atoms with E-state index in [4.69, 9.17) is 42.6 Å². The summed E-state index contributed by atoms with van der Waals surface area (Å²) in [6.45, 7) is 55.1. The summed E-state index contributed by atoms with van der Waals surface area (Å²) in [6.07, 6.45) is 14.9. The Balaban J connectivity index is 0.000000309. The highest BCUT2D eigenvalue weighted by atomic mass is 32.2. The molecule has 0 aliphatic carbocycles. The van der Waals surface area contributed by atoms with Crippen molar-refractivity contribution in [3.05, 3.63) is 139 Å². The second-order valence-corrected chi connectivity index (χ2v) is 43.6. The number of aryl methyl sites for hydroxylation is 1. The number of aldehydes is 1. The number of sulfonamides is 1. The summed E-state index contributed by atoms with van der Waals surface area (Å²) in [5.41, 5.74) is 5.52. The number of aliphatic hydroxyl groups is 1. The van der Waals surface area contributed by atoms with Crippen molar-refractivity contribution >= 4 is 59.5 Å². The molecule has 121 heavy (non-hydrogen) atoms. The van der Waals surface area contributed by atoms with E-state index >= 15 is 0 Å². The Kier molecular flexibility index (Phi) is 43.5. The molecule has 5 heterocycles. The van der Waals surface area contributed by atoms with Crippen molar-refractivity contribution in [2.24, 2.45) is 69.1 Å². The molecule has 21 nitrogen and oxygen atoms in total. The number of hydrogen-bond acceptors (Lipinski definition) is 20. The number of nitrogens with zero attached hydrogens (tertiary/aromatic N) is 1. The topological polar surface area (TPSA) is 281 Å². The summed E-state index contributed by atoms with van der Waals surface area (Å²) in [5.74, 6) is 2.18. The molecule has 0 aromatic heterocycles. The molecule has 20 atom stereocenters. The molecule has 2 N–H and O–H groups in total. The number of esters is 2. The standard InChI is InChI=1S/C41H66O8S.C23H40O3.C19H28O5S.C14H20N2O3S/c1-11-27(2)23-38-39(46-10)34(26-50(44,45)33-17-13-12-14-18-33)37(49-38)25-35(42)31(6)29(4)22-28(3)19-20-36-30(5)24-32(48-36)16-15-21-47-40(43)41(7,8)9;1-16(2)18(4)14-17(3)11-12-21-19(5)15-20(26-21)10-9-13-25-22(24)23(6,7)8;1-4-14(2)12-18-19(23-3)16(17(24-18)10-11-20)13-25(21,22)15-8-6-5-7-9-15;1-9(2)12-8-19-14(15-12)11-7-5-6-10(3)13(11)16-20(4,17)18/h12-14,17-18,27-29,32,34-39,42H,5-6,11,15-16,19-26H2,1-4,7-10H3;17-18,20-21H,1,5,9-15H2,2-4,6-8H3;5-9,11,14,16-19H,4,10,12-13H2,1-3H3;5-7,9,12,16H,8H2,1-4H3/t27-,28-,29-,32+,34+,35?,36+,37+,38-,39-;17-,18-,20+,21+;14-,16+,17+,18-,19-;12-/m1111/s1. The number of para-hydroxylation sites is 1. The van der Waals surface area contributed by atoms with E-state index in [0.717, 1.165) is 126 Å². The van der Waals surface area contributed by atoms with Crippen LogP contribution >= 0.6 is 0 Å². The fraction of sp³-hybridized carbons (Fsp3) is 0.691. The monoisotopic (exact) mass is 1750 g/mol. The van der Waals surface area contributed by atoms with Crippen molar-refractivity contribution in [1.82, 2.24) is 0 Å². The third-order valence-corrected chi connectivity index (χ3v) is 28.6. The van der Waals surface area contributed by atoms with Crippen molar-refractivity contribution in [2.45, 2.75) is 323 Å². The van der Waals surface area contributed by atoms with E-state index in [2.05, 4.69) is 112 Å². The molecule has 8 rings (SSSR count). The molecule has 3 aromatic rings. The molecule has 4 saturated heterocycles. The van der Waals surface area contributed by atoms with Crippen molar-refractivity contribution in [3.8, 4) is 0 Å². The second kappa shape index (κ2) is 49.8. The first-order valence-corrected chi connectivity index (χ1v) is 49.5. The van der Waals surface area contributed by atoms with Crippen LogP contribution in [0.2, 0.25) is 0 Å². The second-order valence-electron chi connectivity index (χ2n) is 37.8. The highest BCUT2D eigenvalue weighted by Crippen LogP contribution is 2.42. The van der Waals surface area contributed by atoms with Gasteiger partial charge in [-0.3, -0.25) is 14.3 Å². The number of nitrogens with one attached hydrogen (secondary N) is 1. The van der Waals surface area contributed by atoms with Gasteiger partial charge in [-0.25, -0.2) is 30.2 Å². The van der Waals surface area contributed by atoms with Gasteiger partial charge in [0.05, 0.1) is 136 Å². The van der Waals surface area contributed by atoms with Crippen LogP contribution in [0, 0.1) is 71.0 Å². The first kappa shape index (κ1) is 106. The molecule has 3 aromatic carbocycles. The van der Waals surface area contributed by atoms with Gasteiger partial charge in [-0.15, -0.1) is 0 Å². The number of carbonyl (C=O) groups excluding carboxylic acids is 3. The maximum atomic E-state index is 13.5. The number of hydrogen-bond donors (Lipinski definition) is 2. The largest absolute Gasteiger partial charge is 0.475 e. The average molecular weight is 1750 g/mol. The Bertz CT molecular complexity index is 4120. The maximum absolute atomic E-state index is 13.5. The van der Waals surface area contributed by atoms with Gasteiger partial charge in [0.15, 0.2) is 19.7 Å². The molecule has 24 heteroatoms. The third kappa shape index (κ3) is 34.7. The molecule has 684 valence electrons. The predicted molar refractivity (Wildman–Crippen MR) is 486 cm³/mol. The summed E-state index contributed by atoms with van der Waals surface area (Å²) in [5, 5.41) is 11.5. The van der Waals surface area contributed by atoms with Gasteiger partial charge in [0.1, 0.15) is 12.9 Å². The van der Waals surface area contributed by atoms with Crippen molar-refractivity contribution in [3.63, 3.8) is 0 Å². The summed E-state index contributed by atoms with van der Waals surface area (Å²) < 4.78 is 131. The van der Waals surface area contributed by atoms with Crippen LogP contribution in [-0.2, 0) is 86.7 Å².